The summed E-state index contributed by atoms with van der Waals surface area (Å²) in [6, 6.07) is 5.09. The summed E-state index contributed by atoms with van der Waals surface area (Å²) in [5.74, 6) is -1.89. The third-order valence-corrected chi connectivity index (χ3v) is 4.14. The number of carbonyl (C=O) groups excluding carboxylic acids is 1. The van der Waals surface area contributed by atoms with E-state index in [4.69, 9.17) is 0 Å². The highest BCUT2D eigenvalue weighted by Gasteiger charge is 2.18. The number of hydrogen-bond acceptors (Lipinski definition) is 4. The topological polar surface area (TPSA) is 72.7 Å². The molecule has 0 aliphatic heterocycles. The molecule has 0 fully saturated rings. The zero-order valence-corrected chi connectivity index (χ0v) is 15.5. The Balaban J connectivity index is 1.84. The number of amides is 1. The van der Waals surface area contributed by atoms with Crippen LogP contribution in [-0.2, 0) is 11.2 Å². The second kappa shape index (κ2) is 7.22. The lowest BCUT2D eigenvalue weighted by Gasteiger charge is -2.07. The number of aryl methyl sites for hydroxylation is 3. The van der Waals surface area contributed by atoms with Crippen LogP contribution in [0, 0.1) is 39.3 Å². The predicted octanol–water partition coefficient (Wildman–Crippen LogP) is 3.36. The van der Waals surface area contributed by atoms with E-state index in [1.807, 2.05) is 26.8 Å². The maximum atomic E-state index is 13.3. The molecule has 3 aromatic rings. The van der Waals surface area contributed by atoms with Gasteiger partial charge in [-0.2, -0.15) is 5.10 Å². The Labute approximate surface area is 155 Å². The Hall–Kier alpha value is -3.16. The molecule has 1 amide bonds. The first-order valence-electron chi connectivity index (χ1n) is 8.37. The predicted molar refractivity (Wildman–Crippen MR) is 96.8 cm³/mol. The number of nitrogens with one attached hydrogen (secondary N) is 1. The van der Waals surface area contributed by atoms with Crippen molar-refractivity contribution in [3.8, 4) is 5.95 Å². The molecule has 8 heteroatoms. The lowest BCUT2D eigenvalue weighted by Crippen LogP contribution is -2.15. The molecular formula is C19H19F2N5O. The van der Waals surface area contributed by atoms with Crippen molar-refractivity contribution < 1.29 is 13.6 Å². The first kappa shape index (κ1) is 18.6. The van der Waals surface area contributed by atoms with Gasteiger partial charge in [-0.15, -0.1) is 0 Å². The summed E-state index contributed by atoms with van der Waals surface area (Å²) in [5.41, 5.74) is 4.00. The highest BCUT2D eigenvalue weighted by atomic mass is 19.2. The molecule has 0 saturated heterocycles. The zero-order chi connectivity index (χ0) is 19.7. The number of benzene rings is 1. The molecule has 2 aromatic heterocycles. The van der Waals surface area contributed by atoms with Crippen molar-refractivity contribution in [3.05, 3.63) is 64.2 Å². The fraction of sp³-hybridized carbons (Fsp3) is 0.263. The summed E-state index contributed by atoms with van der Waals surface area (Å²) >= 11 is 0. The van der Waals surface area contributed by atoms with E-state index in [1.54, 1.807) is 11.6 Å². The Morgan fingerprint density at radius 1 is 1.04 bits per heavy atom. The largest absolute Gasteiger partial charge is 0.326 e. The molecule has 3 rings (SSSR count). The van der Waals surface area contributed by atoms with Crippen molar-refractivity contribution in [2.75, 3.05) is 5.32 Å². The van der Waals surface area contributed by atoms with Crippen LogP contribution in [0.15, 0.2) is 24.3 Å². The molecule has 6 nitrogen and oxygen atoms in total. The number of nitrogens with zero attached hydrogens (tertiary/aromatic N) is 4. The van der Waals surface area contributed by atoms with Crippen molar-refractivity contribution >= 4 is 11.6 Å². The average molecular weight is 371 g/mol. The molecule has 0 aliphatic rings. The van der Waals surface area contributed by atoms with E-state index in [-0.39, 0.29) is 18.0 Å². The third-order valence-electron chi connectivity index (χ3n) is 4.14. The van der Waals surface area contributed by atoms with Crippen LogP contribution < -0.4 is 5.32 Å². The summed E-state index contributed by atoms with van der Waals surface area (Å²) in [5, 5.41) is 7.02. The highest BCUT2D eigenvalue weighted by molar-refractivity contribution is 5.92. The van der Waals surface area contributed by atoms with Crippen molar-refractivity contribution in [1.29, 1.82) is 0 Å². The van der Waals surface area contributed by atoms with Gasteiger partial charge in [0.05, 0.1) is 12.1 Å². The number of halogens is 2. The van der Waals surface area contributed by atoms with Gasteiger partial charge in [0, 0.05) is 34.4 Å². The first-order chi connectivity index (χ1) is 12.7. The van der Waals surface area contributed by atoms with Crippen LogP contribution >= 0.6 is 0 Å². The first-order valence-corrected chi connectivity index (χ1v) is 8.37. The standard InChI is InChI=1S/C19H19F2N5O/c1-10-7-11(2)23-19(22-10)26-13(4)15(12(3)25-26)9-18(27)24-14-5-6-16(20)17(21)8-14/h5-8H,9H2,1-4H3,(H,24,27). The molecule has 0 unspecified atom stereocenters. The van der Waals surface area contributed by atoms with E-state index in [0.717, 1.165) is 34.8 Å². The van der Waals surface area contributed by atoms with Crippen LogP contribution in [0.5, 0.6) is 0 Å². The van der Waals surface area contributed by atoms with Crippen molar-refractivity contribution in [2.45, 2.75) is 34.1 Å². The molecular weight excluding hydrogens is 352 g/mol. The second-order valence-electron chi connectivity index (χ2n) is 6.37. The van der Waals surface area contributed by atoms with Crippen LogP contribution in [0.4, 0.5) is 14.5 Å². The minimum Gasteiger partial charge on any atom is -0.326 e. The van der Waals surface area contributed by atoms with Gasteiger partial charge in [0.25, 0.3) is 5.95 Å². The number of rotatable bonds is 4. The van der Waals surface area contributed by atoms with Crippen LogP contribution in [0.3, 0.4) is 0 Å². The molecule has 0 bridgehead atoms. The van der Waals surface area contributed by atoms with Gasteiger partial charge in [-0.05, 0) is 45.9 Å². The Bertz CT molecular complexity index is 1010. The van der Waals surface area contributed by atoms with E-state index in [2.05, 4.69) is 20.4 Å². The van der Waals surface area contributed by atoms with Gasteiger partial charge in [0.15, 0.2) is 11.6 Å². The highest BCUT2D eigenvalue weighted by Crippen LogP contribution is 2.19. The maximum absolute atomic E-state index is 13.3. The van der Waals surface area contributed by atoms with Crippen LogP contribution in [0.1, 0.15) is 28.3 Å². The lowest BCUT2D eigenvalue weighted by molar-refractivity contribution is -0.115. The number of aromatic nitrogens is 4. The molecule has 1 aromatic carbocycles. The zero-order valence-electron chi connectivity index (χ0n) is 15.5. The van der Waals surface area contributed by atoms with E-state index in [0.29, 0.717) is 11.6 Å². The lowest BCUT2D eigenvalue weighted by atomic mass is 10.1. The summed E-state index contributed by atoms with van der Waals surface area (Å²) in [6.45, 7) is 7.38. The van der Waals surface area contributed by atoms with Gasteiger partial charge in [0.1, 0.15) is 0 Å². The van der Waals surface area contributed by atoms with Crippen molar-refractivity contribution in [3.63, 3.8) is 0 Å². The molecule has 140 valence electrons. The molecule has 0 radical (unpaired) electrons. The fourth-order valence-electron chi connectivity index (χ4n) is 2.87. The van der Waals surface area contributed by atoms with E-state index in [9.17, 15) is 13.6 Å². The fourth-order valence-corrected chi connectivity index (χ4v) is 2.87. The van der Waals surface area contributed by atoms with E-state index < -0.39 is 11.6 Å². The number of carbonyl (C=O) groups is 1. The minimum atomic E-state index is -1.01. The summed E-state index contributed by atoms with van der Waals surface area (Å²) in [7, 11) is 0. The van der Waals surface area contributed by atoms with Crippen molar-refractivity contribution in [1.82, 2.24) is 19.7 Å². The maximum Gasteiger partial charge on any atom is 0.251 e. The summed E-state index contributed by atoms with van der Waals surface area (Å²) < 4.78 is 27.9. The summed E-state index contributed by atoms with van der Waals surface area (Å²) in [4.78, 5) is 21.1. The average Bonchev–Trinajstić information content (AvgIpc) is 2.85. The van der Waals surface area contributed by atoms with E-state index in [1.165, 1.54) is 6.07 Å². The van der Waals surface area contributed by atoms with Gasteiger partial charge < -0.3 is 5.32 Å². The second-order valence-corrected chi connectivity index (χ2v) is 6.37. The van der Waals surface area contributed by atoms with Crippen LogP contribution in [0.2, 0.25) is 0 Å². The van der Waals surface area contributed by atoms with Gasteiger partial charge in [-0.3, -0.25) is 4.79 Å². The Morgan fingerprint density at radius 3 is 2.33 bits per heavy atom. The quantitative estimate of drug-likeness (QED) is 0.763. The number of anilines is 1. The monoisotopic (exact) mass is 371 g/mol. The van der Waals surface area contributed by atoms with Gasteiger partial charge in [-0.25, -0.2) is 23.4 Å². The molecule has 0 saturated carbocycles. The number of hydrogen-bond donors (Lipinski definition) is 1. The normalized spacial score (nSPS) is 10.9. The third kappa shape index (κ3) is 3.99. The molecule has 1 N–H and O–H groups in total. The van der Waals surface area contributed by atoms with Gasteiger partial charge in [-0.1, -0.05) is 0 Å². The molecule has 2 heterocycles. The van der Waals surface area contributed by atoms with E-state index >= 15 is 0 Å². The summed E-state index contributed by atoms with van der Waals surface area (Å²) in [6.07, 6.45) is 0.0431. The van der Waals surface area contributed by atoms with Gasteiger partial charge in [0.2, 0.25) is 5.91 Å². The molecule has 0 spiro atoms. The van der Waals surface area contributed by atoms with Crippen LogP contribution in [-0.4, -0.2) is 25.7 Å². The SMILES string of the molecule is Cc1cc(C)nc(-n2nc(C)c(CC(=O)Nc3ccc(F)c(F)c3)c2C)n1. The molecule has 27 heavy (non-hydrogen) atoms. The smallest absolute Gasteiger partial charge is 0.251 e. The van der Waals surface area contributed by atoms with Crippen LogP contribution in [0.25, 0.3) is 5.95 Å². The Kier molecular flexibility index (Phi) is 4.98. The minimum absolute atomic E-state index is 0.0431. The molecule has 0 atom stereocenters. The Morgan fingerprint density at radius 2 is 1.70 bits per heavy atom. The van der Waals surface area contributed by atoms with Crippen molar-refractivity contribution in [2.24, 2.45) is 0 Å². The van der Waals surface area contributed by atoms with Gasteiger partial charge >= 0.3 is 0 Å². The molecule has 0 aliphatic carbocycles.